The first kappa shape index (κ1) is 35.2. The Bertz CT molecular complexity index is 3730. The molecule has 0 unspecified atom stereocenters. The maximum absolute atomic E-state index is 6.34. The van der Waals surface area contributed by atoms with Crippen molar-refractivity contribution in [3.05, 3.63) is 253 Å². The molecular weight excluding hydrogens is 777 g/mol. The molecule has 298 valence electrons. The van der Waals surface area contributed by atoms with Crippen molar-refractivity contribution in [1.82, 2.24) is 4.57 Å². The summed E-state index contributed by atoms with van der Waals surface area (Å²) >= 11 is 0. The van der Waals surface area contributed by atoms with Crippen LogP contribution in [0.4, 0.5) is 17.1 Å². The van der Waals surface area contributed by atoms with E-state index in [0.29, 0.717) is 0 Å². The lowest BCUT2D eigenvalue weighted by molar-refractivity contribution is 0.669. The summed E-state index contributed by atoms with van der Waals surface area (Å²) in [7, 11) is 0. The SMILES string of the molecule is c1ccc2c(c1)-c1ccccc1C21c2ccccc2-c2ccc(N(c3ccc(-c4ccc(-n5c6ccccc6c6ccccc65)cc4)cc3)c3ccc4oc5ccccc5c4c3)cc21. The number of hydrogen-bond donors (Lipinski definition) is 0. The van der Waals surface area contributed by atoms with Crippen molar-refractivity contribution in [2.24, 2.45) is 0 Å². The minimum Gasteiger partial charge on any atom is -0.456 e. The largest absolute Gasteiger partial charge is 0.456 e. The Morgan fingerprint density at radius 2 is 0.781 bits per heavy atom. The van der Waals surface area contributed by atoms with Crippen LogP contribution in [0.2, 0.25) is 0 Å². The molecular formula is C61H38N2O. The summed E-state index contributed by atoms with van der Waals surface area (Å²) in [4.78, 5) is 2.42. The number of hydrogen-bond acceptors (Lipinski definition) is 2. The zero-order chi connectivity index (χ0) is 41.9. The summed E-state index contributed by atoms with van der Waals surface area (Å²) < 4.78 is 8.72. The molecule has 0 radical (unpaired) electrons. The Morgan fingerprint density at radius 3 is 1.41 bits per heavy atom. The zero-order valence-electron chi connectivity index (χ0n) is 34.7. The lowest BCUT2D eigenvalue weighted by atomic mass is 9.70. The summed E-state index contributed by atoms with van der Waals surface area (Å²) in [5, 5.41) is 4.75. The Labute approximate surface area is 370 Å². The number of nitrogens with zero attached hydrogens (tertiary/aromatic N) is 2. The van der Waals surface area contributed by atoms with Gasteiger partial charge in [-0.2, -0.15) is 0 Å². The molecule has 64 heavy (non-hydrogen) atoms. The van der Waals surface area contributed by atoms with Gasteiger partial charge in [0, 0.05) is 44.3 Å². The number of aromatic nitrogens is 1. The minimum absolute atomic E-state index is 0.444. The second-order valence-electron chi connectivity index (χ2n) is 17.2. The third-order valence-corrected chi connectivity index (χ3v) is 14.0. The monoisotopic (exact) mass is 814 g/mol. The molecule has 3 heteroatoms. The highest BCUT2D eigenvalue weighted by Crippen LogP contribution is 2.63. The molecule has 3 nitrogen and oxygen atoms in total. The minimum atomic E-state index is -0.444. The first-order valence-electron chi connectivity index (χ1n) is 22.1. The van der Waals surface area contributed by atoms with Gasteiger partial charge in [-0.15, -0.1) is 0 Å². The second kappa shape index (κ2) is 13.3. The van der Waals surface area contributed by atoms with Gasteiger partial charge >= 0.3 is 0 Å². The van der Waals surface area contributed by atoms with Gasteiger partial charge in [0.15, 0.2) is 0 Å². The van der Waals surface area contributed by atoms with Crippen molar-refractivity contribution in [3.8, 4) is 39.1 Å². The normalized spacial score (nSPS) is 13.1. The van der Waals surface area contributed by atoms with E-state index in [1.807, 2.05) is 6.07 Å². The topological polar surface area (TPSA) is 21.3 Å². The van der Waals surface area contributed by atoms with Crippen molar-refractivity contribution < 1.29 is 4.42 Å². The highest BCUT2D eigenvalue weighted by Gasteiger charge is 2.51. The van der Waals surface area contributed by atoms with Gasteiger partial charge in [-0.05, 0) is 128 Å². The molecule has 0 bridgehead atoms. The lowest BCUT2D eigenvalue weighted by Crippen LogP contribution is -2.26. The summed E-state index contributed by atoms with van der Waals surface area (Å²) in [5.74, 6) is 0. The van der Waals surface area contributed by atoms with Crippen molar-refractivity contribution >= 4 is 60.8 Å². The van der Waals surface area contributed by atoms with Gasteiger partial charge in [-0.1, -0.05) is 158 Å². The molecule has 0 atom stereocenters. The number of para-hydroxylation sites is 3. The van der Waals surface area contributed by atoms with Gasteiger partial charge < -0.3 is 13.9 Å². The zero-order valence-corrected chi connectivity index (χ0v) is 34.7. The average molecular weight is 815 g/mol. The van der Waals surface area contributed by atoms with Crippen LogP contribution in [0.1, 0.15) is 22.3 Å². The van der Waals surface area contributed by atoms with Gasteiger partial charge in [0.2, 0.25) is 0 Å². The molecule has 10 aromatic carbocycles. The van der Waals surface area contributed by atoms with Crippen LogP contribution < -0.4 is 4.90 Å². The highest BCUT2D eigenvalue weighted by molar-refractivity contribution is 6.09. The van der Waals surface area contributed by atoms with E-state index >= 15 is 0 Å². The molecule has 0 amide bonds. The second-order valence-corrected chi connectivity index (χ2v) is 17.2. The summed E-state index contributed by atoms with van der Waals surface area (Å²) in [6.45, 7) is 0. The van der Waals surface area contributed by atoms with Crippen LogP contribution in [-0.4, -0.2) is 4.57 Å². The van der Waals surface area contributed by atoms with E-state index < -0.39 is 5.41 Å². The Balaban J connectivity index is 0.924. The summed E-state index contributed by atoms with van der Waals surface area (Å²) in [5.41, 5.74) is 21.0. The first-order valence-corrected chi connectivity index (χ1v) is 22.1. The average Bonchev–Trinajstić information content (AvgIpc) is 4.08. The molecule has 0 saturated carbocycles. The summed E-state index contributed by atoms with van der Waals surface area (Å²) in [6.07, 6.45) is 0. The number of anilines is 3. The van der Waals surface area contributed by atoms with E-state index in [2.05, 4.69) is 234 Å². The van der Waals surface area contributed by atoms with E-state index in [1.54, 1.807) is 0 Å². The van der Waals surface area contributed by atoms with Crippen LogP contribution in [0.15, 0.2) is 235 Å². The molecule has 2 heterocycles. The van der Waals surface area contributed by atoms with Gasteiger partial charge in [0.05, 0.1) is 16.4 Å². The summed E-state index contributed by atoms with van der Waals surface area (Å²) in [6, 6.07) is 84.5. The molecule has 14 rings (SSSR count). The fraction of sp³-hybridized carbons (Fsp3) is 0.0164. The van der Waals surface area contributed by atoms with E-state index in [0.717, 1.165) is 50.3 Å². The van der Waals surface area contributed by atoms with Gasteiger partial charge in [-0.25, -0.2) is 0 Å². The number of benzene rings is 10. The predicted molar refractivity (Wildman–Crippen MR) is 264 cm³/mol. The van der Waals surface area contributed by atoms with Crippen LogP contribution in [0.25, 0.3) is 82.8 Å². The molecule has 1 spiro atoms. The van der Waals surface area contributed by atoms with Crippen LogP contribution in [0.5, 0.6) is 0 Å². The van der Waals surface area contributed by atoms with Crippen LogP contribution >= 0.6 is 0 Å². The molecule has 0 saturated heterocycles. The molecule has 0 fully saturated rings. The van der Waals surface area contributed by atoms with E-state index in [-0.39, 0.29) is 0 Å². The molecule has 0 aliphatic heterocycles. The van der Waals surface area contributed by atoms with Crippen molar-refractivity contribution in [1.29, 1.82) is 0 Å². The smallest absolute Gasteiger partial charge is 0.135 e. The maximum Gasteiger partial charge on any atom is 0.135 e. The fourth-order valence-corrected chi connectivity index (χ4v) is 11.3. The maximum atomic E-state index is 6.34. The Morgan fingerprint density at radius 1 is 0.328 bits per heavy atom. The number of furan rings is 1. The van der Waals surface area contributed by atoms with Crippen molar-refractivity contribution in [3.63, 3.8) is 0 Å². The van der Waals surface area contributed by atoms with Crippen molar-refractivity contribution in [2.75, 3.05) is 4.90 Å². The molecule has 2 aliphatic rings. The predicted octanol–water partition coefficient (Wildman–Crippen LogP) is 16.2. The van der Waals surface area contributed by atoms with Gasteiger partial charge in [0.1, 0.15) is 11.2 Å². The molecule has 2 aromatic heterocycles. The van der Waals surface area contributed by atoms with Crippen LogP contribution in [0, 0.1) is 0 Å². The fourth-order valence-electron chi connectivity index (χ4n) is 11.3. The van der Waals surface area contributed by atoms with E-state index in [9.17, 15) is 0 Å². The number of rotatable bonds is 5. The highest BCUT2D eigenvalue weighted by atomic mass is 16.3. The molecule has 12 aromatic rings. The van der Waals surface area contributed by atoms with E-state index in [1.165, 1.54) is 71.9 Å². The lowest BCUT2D eigenvalue weighted by Gasteiger charge is -2.32. The van der Waals surface area contributed by atoms with Gasteiger partial charge in [0.25, 0.3) is 0 Å². The molecule has 2 aliphatic carbocycles. The quantitative estimate of drug-likeness (QED) is 0.173. The third kappa shape index (κ3) is 4.81. The van der Waals surface area contributed by atoms with Gasteiger partial charge in [-0.3, -0.25) is 0 Å². The van der Waals surface area contributed by atoms with Crippen molar-refractivity contribution in [2.45, 2.75) is 5.41 Å². The Kier molecular flexibility index (Phi) is 7.32. The molecule has 0 N–H and O–H groups in total. The number of fused-ring (bicyclic) bond motifs is 16. The third-order valence-electron chi connectivity index (χ3n) is 14.0. The standard InChI is InChI=1S/C61H38N2O/c1-7-19-53-45(13-1)46-14-2-8-20-54(46)61(53)55-21-9-3-15-47(55)48-35-33-44(38-56(48)61)62(43-34-36-60-52(37-43)51-18-6-12-24-59(51)64-60)41-29-25-39(26-30-41)40-27-31-42(32-28-40)63-57-22-10-4-16-49(57)50-17-5-11-23-58(50)63/h1-38H. The van der Waals surface area contributed by atoms with Crippen LogP contribution in [-0.2, 0) is 5.41 Å². The van der Waals surface area contributed by atoms with Crippen LogP contribution in [0.3, 0.4) is 0 Å². The van der Waals surface area contributed by atoms with E-state index in [4.69, 9.17) is 4.42 Å². The first-order chi connectivity index (χ1) is 31.7. The Hall–Kier alpha value is -8.40.